The summed E-state index contributed by atoms with van der Waals surface area (Å²) < 4.78 is 5.59. The zero-order valence-electron chi connectivity index (χ0n) is 8.96. The van der Waals surface area contributed by atoms with Gasteiger partial charge in [-0.05, 0) is 31.7 Å². The number of hydrogen-bond donors (Lipinski definition) is 0. The van der Waals surface area contributed by atoms with Crippen molar-refractivity contribution in [3.05, 3.63) is 28.4 Å². The fourth-order valence-electron chi connectivity index (χ4n) is 1.95. The van der Waals surface area contributed by atoms with Gasteiger partial charge < -0.3 is 4.74 Å². The van der Waals surface area contributed by atoms with Gasteiger partial charge in [-0.1, -0.05) is 13.8 Å². The fourth-order valence-corrected chi connectivity index (χ4v) is 1.95. The molecule has 1 aliphatic carbocycles. The van der Waals surface area contributed by atoms with E-state index in [1.807, 2.05) is 0 Å². The van der Waals surface area contributed by atoms with E-state index in [0.717, 1.165) is 25.7 Å². The first kappa shape index (κ1) is 13.4. The van der Waals surface area contributed by atoms with Gasteiger partial charge in [-0.2, -0.15) is 0 Å². The van der Waals surface area contributed by atoms with Gasteiger partial charge in [0.2, 0.25) is 0 Å². The number of pyridine rings is 1. The van der Waals surface area contributed by atoms with Crippen molar-refractivity contribution in [1.82, 2.24) is 4.98 Å². The zero-order chi connectivity index (χ0) is 11.4. The van der Waals surface area contributed by atoms with Crippen LogP contribution in [0.5, 0.6) is 5.88 Å². The van der Waals surface area contributed by atoms with E-state index in [9.17, 15) is 10.1 Å². The molecule has 0 amide bonds. The molecule has 1 heterocycles. The van der Waals surface area contributed by atoms with Crippen molar-refractivity contribution in [3.8, 4) is 5.88 Å². The first-order valence-electron chi connectivity index (χ1n) is 5.53. The Morgan fingerprint density at radius 1 is 1.35 bits per heavy atom. The van der Waals surface area contributed by atoms with Crippen LogP contribution in [-0.2, 0) is 0 Å². The van der Waals surface area contributed by atoms with Gasteiger partial charge in [-0.25, -0.2) is 4.98 Å². The molecule has 0 saturated heterocycles. The van der Waals surface area contributed by atoms with Crippen molar-refractivity contribution in [3.63, 3.8) is 0 Å². The predicted molar refractivity (Wildman–Crippen MR) is 65.1 cm³/mol. The number of aromatic nitrogens is 1. The van der Waals surface area contributed by atoms with Gasteiger partial charge in [-0.3, -0.25) is 10.1 Å². The summed E-state index contributed by atoms with van der Waals surface area (Å²) in [7, 11) is 0. The molecular weight excluding hydrogens is 220 g/mol. The molecule has 0 radical (unpaired) electrons. The number of nitro groups is 1. The zero-order valence-corrected chi connectivity index (χ0v) is 8.96. The minimum Gasteiger partial charge on any atom is -0.469 e. The smallest absolute Gasteiger partial charge is 0.330 e. The molecule has 5 heteroatoms. The molecular formula is C12H18N2O3. The molecule has 5 nitrogen and oxygen atoms in total. The van der Waals surface area contributed by atoms with Gasteiger partial charge >= 0.3 is 5.69 Å². The molecule has 0 N–H and O–H groups in total. The standard InChI is InChI=1S/C11H14N2O3.CH4/c14-13(15)10-7-4-8-12-11(10)16-9-5-2-1-3-6-9;/h4,7-9H,1-3,5-6H2;1H4. The van der Waals surface area contributed by atoms with Crippen LogP contribution >= 0.6 is 0 Å². The normalized spacial score (nSPS) is 16.0. The van der Waals surface area contributed by atoms with Crippen LogP contribution in [0.3, 0.4) is 0 Å². The maximum absolute atomic E-state index is 10.7. The van der Waals surface area contributed by atoms with Crippen LogP contribution in [-0.4, -0.2) is 16.0 Å². The lowest BCUT2D eigenvalue weighted by Gasteiger charge is -2.21. The molecule has 0 bridgehead atoms. The first-order chi connectivity index (χ1) is 7.77. The summed E-state index contributed by atoms with van der Waals surface area (Å²) in [4.78, 5) is 14.2. The van der Waals surface area contributed by atoms with Crippen LogP contribution in [0.25, 0.3) is 0 Å². The molecule has 0 spiro atoms. The van der Waals surface area contributed by atoms with Crippen molar-refractivity contribution < 1.29 is 9.66 Å². The van der Waals surface area contributed by atoms with Gasteiger partial charge in [0.25, 0.3) is 5.88 Å². The Labute approximate surface area is 101 Å². The number of ether oxygens (including phenoxy) is 1. The van der Waals surface area contributed by atoms with Crippen LogP contribution in [0.1, 0.15) is 39.5 Å². The van der Waals surface area contributed by atoms with Crippen molar-refractivity contribution in [2.24, 2.45) is 0 Å². The Morgan fingerprint density at radius 2 is 2.06 bits per heavy atom. The van der Waals surface area contributed by atoms with E-state index < -0.39 is 4.92 Å². The summed E-state index contributed by atoms with van der Waals surface area (Å²) in [5.41, 5.74) is -0.0481. The lowest BCUT2D eigenvalue weighted by molar-refractivity contribution is -0.386. The minimum absolute atomic E-state index is 0. The van der Waals surface area contributed by atoms with E-state index in [-0.39, 0.29) is 25.1 Å². The number of rotatable bonds is 3. The van der Waals surface area contributed by atoms with Crippen LogP contribution in [0, 0.1) is 10.1 Å². The van der Waals surface area contributed by atoms with Crippen LogP contribution in [0.2, 0.25) is 0 Å². The van der Waals surface area contributed by atoms with Crippen molar-refractivity contribution >= 4 is 5.69 Å². The third kappa shape index (κ3) is 3.41. The number of nitrogens with zero attached hydrogens (tertiary/aromatic N) is 2. The Balaban J connectivity index is 0.00000144. The molecule has 1 aromatic heterocycles. The maximum Gasteiger partial charge on any atom is 0.330 e. The summed E-state index contributed by atoms with van der Waals surface area (Å²) in [6.07, 6.45) is 7.02. The molecule has 94 valence electrons. The summed E-state index contributed by atoms with van der Waals surface area (Å²) >= 11 is 0. The predicted octanol–water partition coefficient (Wildman–Crippen LogP) is 3.34. The number of hydrogen-bond acceptors (Lipinski definition) is 4. The topological polar surface area (TPSA) is 65.3 Å². The van der Waals surface area contributed by atoms with E-state index in [2.05, 4.69) is 4.98 Å². The fraction of sp³-hybridized carbons (Fsp3) is 0.583. The van der Waals surface area contributed by atoms with Crippen molar-refractivity contribution in [2.45, 2.75) is 45.6 Å². The molecule has 0 atom stereocenters. The highest BCUT2D eigenvalue weighted by Gasteiger charge is 2.21. The van der Waals surface area contributed by atoms with Gasteiger partial charge in [0.15, 0.2) is 0 Å². The quantitative estimate of drug-likeness (QED) is 0.598. The molecule has 1 aromatic rings. The minimum atomic E-state index is -0.453. The highest BCUT2D eigenvalue weighted by molar-refractivity contribution is 5.39. The molecule has 0 aliphatic heterocycles. The van der Waals surface area contributed by atoms with Crippen molar-refractivity contribution in [2.75, 3.05) is 0 Å². The van der Waals surface area contributed by atoms with Gasteiger partial charge in [-0.15, -0.1) is 0 Å². The summed E-state index contributed by atoms with van der Waals surface area (Å²) in [6.45, 7) is 0. The van der Waals surface area contributed by atoms with Gasteiger partial charge in [0.05, 0.1) is 4.92 Å². The second kappa shape index (κ2) is 6.18. The Bertz CT molecular complexity index is 376. The monoisotopic (exact) mass is 238 g/mol. The van der Waals surface area contributed by atoms with E-state index in [1.54, 1.807) is 6.07 Å². The van der Waals surface area contributed by atoms with Crippen LogP contribution < -0.4 is 4.74 Å². The maximum atomic E-state index is 10.7. The van der Waals surface area contributed by atoms with E-state index in [4.69, 9.17) is 4.74 Å². The van der Waals surface area contributed by atoms with Gasteiger partial charge in [0, 0.05) is 12.3 Å². The Morgan fingerprint density at radius 3 is 2.71 bits per heavy atom. The molecule has 1 aliphatic rings. The van der Waals surface area contributed by atoms with E-state index in [1.165, 1.54) is 18.7 Å². The van der Waals surface area contributed by atoms with Crippen molar-refractivity contribution in [1.29, 1.82) is 0 Å². The molecule has 0 unspecified atom stereocenters. The van der Waals surface area contributed by atoms with E-state index >= 15 is 0 Å². The highest BCUT2D eigenvalue weighted by Crippen LogP contribution is 2.28. The first-order valence-corrected chi connectivity index (χ1v) is 5.53. The van der Waals surface area contributed by atoms with E-state index in [0.29, 0.717) is 0 Å². The molecule has 1 saturated carbocycles. The van der Waals surface area contributed by atoms with Crippen LogP contribution in [0.15, 0.2) is 18.3 Å². The Kier molecular flexibility index (Phi) is 4.87. The average molecular weight is 238 g/mol. The largest absolute Gasteiger partial charge is 0.469 e. The lowest BCUT2D eigenvalue weighted by Crippen LogP contribution is -2.20. The SMILES string of the molecule is C.O=[N+]([O-])c1cccnc1OC1CCCCC1. The summed E-state index contributed by atoms with van der Waals surface area (Å²) in [5, 5.41) is 10.7. The third-order valence-electron chi connectivity index (χ3n) is 2.78. The third-order valence-corrected chi connectivity index (χ3v) is 2.78. The molecule has 17 heavy (non-hydrogen) atoms. The molecule has 0 aromatic carbocycles. The summed E-state index contributed by atoms with van der Waals surface area (Å²) in [5.74, 6) is 0.152. The summed E-state index contributed by atoms with van der Waals surface area (Å²) in [6, 6.07) is 2.97. The second-order valence-corrected chi connectivity index (χ2v) is 3.96. The van der Waals surface area contributed by atoms with Crippen LogP contribution in [0.4, 0.5) is 5.69 Å². The lowest BCUT2D eigenvalue weighted by atomic mass is 9.98. The molecule has 1 fully saturated rings. The average Bonchev–Trinajstić information content (AvgIpc) is 2.31. The second-order valence-electron chi connectivity index (χ2n) is 3.96. The molecule has 2 rings (SSSR count). The Hall–Kier alpha value is -1.65. The highest BCUT2D eigenvalue weighted by atomic mass is 16.6. The van der Waals surface area contributed by atoms with Gasteiger partial charge in [0.1, 0.15) is 6.10 Å².